The van der Waals surface area contributed by atoms with Crippen molar-refractivity contribution in [2.24, 2.45) is 0 Å². The Labute approximate surface area is 149 Å². The molecule has 24 heavy (non-hydrogen) atoms. The second-order valence-corrected chi connectivity index (χ2v) is 8.24. The van der Waals surface area contributed by atoms with Gasteiger partial charge >= 0.3 is 0 Å². The van der Waals surface area contributed by atoms with E-state index in [0.717, 1.165) is 34.8 Å². The number of aryl methyl sites for hydroxylation is 1. The smallest absolute Gasteiger partial charge is 0.0652 e. The Morgan fingerprint density at radius 1 is 1.08 bits per heavy atom. The predicted octanol–water partition coefficient (Wildman–Crippen LogP) is 4.96. The topological polar surface area (TPSA) is 22.0 Å². The maximum atomic E-state index is 12.3. The van der Waals surface area contributed by atoms with Gasteiger partial charge in [-0.05, 0) is 55.0 Å². The van der Waals surface area contributed by atoms with Gasteiger partial charge < -0.3 is 4.57 Å². The number of rotatable bonds is 3. The Hall–Kier alpha value is -1.58. The Morgan fingerprint density at radius 2 is 1.83 bits per heavy atom. The predicted molar refractivity (Wildman–Crippen MR) is 101 cm³/mol. The number of halogens is 1. The lowest BCUT2D eigenvalue weighted by atomic mass is 9.95. The minimum atomic E-state index is -0.996. The lowest BCUT2D eigenvalue weighted by Crippen LogP contribution is -2.10. The number of benzene rings is 2. The van der Waals surface area contributed by atoms with E-state index in [-0.39, 0.29) is 0 Å². The molecule has 1 aliphatic carbocycles. The van der Waals surface area contributed by atoms with Gasteiger partial charge in [0.1, 0.15) is 0 Å². The summed E-state index contributed by atoms with van der Waals surface area (Å²) in [6, 6.07) is 14.3. The molecule has 1 atom stereocenters. The summed E-state index contributed by atoms with van der Waals surface area (Å²) in [5.41, 5.74) is 5.25. The molecule has 0 saturated carbocycles. The zero-order chi connectivity index (χ0) is 16.7. The molecule has 0 spiro atoms. The second kappa shape index (κ2) is 6.38. The highest BCUT2D eigenvalue weighted by Gasteiger charge is 2.22. The molecule has 0 aliphatic heterocycles. The number of nitrogens with zero attached hydrogens (tertiary/aromatic N) is 1. The Kier molecular flexibility index (Phi) is 4.23. The van der Waals surface area contributed by atoms with Gasteiger partial charge in [0.15, 0.2) is 0 Å². The van der Waals surface area contributed by atoms with Crippen LogP contribution in [0.1, 0.15) is 29.7 Å². The van der Waals surface area contributed by atoms with Gasteiger partial charge in [0, 0.05) is 28.9 Å². The van der Waals surface area contributed by atoms with Crippen LogP contribution >= 0.6 is 11.6 Å². The molecule has 1 aromatic heterocycles. The van der Waals surface area contributed by atoms with Crippen molar-refractivity contribution in [2.75, 3.05) is 6.26 Å². The summed E-state index contributed by atoms with van der Waals surface area (Å²) in [7, 11) is -0.996. The molecule has 3 aromatic rings. The zero-order valence-electron chi connectivity index (χ0n) is 13.7. The number of hydrogen-bond donors (Lipinski definition) is 0. The zero-order valence-corrected chi connectivity index (χ0v) is 15.3. The molecule has 0 radical (unpaired) electrons. The van der Waals surface area contributed by atoms with Crippen LogP contribution in [0.4, 0.5) is 0 Å². The van der Waals surface area contributed by atoms with Gasteiger partial charge in [-0.3, -0.25) is 4.21 Å². The Morgan fingerprint density at radius 3 is 2.58 bits per heavy atom. The van der Waals surface area contributed by atoms with Crippen molar-refractivity contribution in [3.05, 3.63) is 64.3 Å². The monoisotopic (exact) mass is 357 g/mol. The first kappa shape index (κ1) is 15.9. The normalized spacial score (nSPS) is 15.4. The molecule has 1 unspecified atom stereocenters. The van der Waals surface area contributed by atoms with E-state index in [1.54, 1.807) is 6.26 Å². The third-order valence-electron chi connectivity index (χ3n) is 4.92. The highest BCUT2D eigenvalue weighted by atomic mass is 35.5. The third-order valence-corrected chi connectivity index (χ3v) is 6.12. The molecule has 0 saturated heterocycles. The van der Waals surface area contributed by atoms with Gasteiger partial charge in [0.2, 0.25) is 0 Å². The van der Waals surface area contributed by atoms with Crippen molar-refractivity contribution in [1.29, 1.82) is 0 Å². The maximum Gasteiger partial charge on any atom is 0.0652 e. The van der Waals surface area contributed by atoms with Gasteiger partial charge in [-0.25, -0.2) is 0 Å². The van der Waals surface area contributed by atoms with E-state index in [4.69, 9.17) is 11.6 Å². The van der Waals surface area contributed by atoms with Crippen LogP contribution in [0.2, 0.25) is 5.02 Å². The van der Waals surface area contributed by atoms with Crippen molar-refractivity contribution in [1.82, 2.24) is 4.57 Å². The Bertz CT molecular complexity index is 927. The van der Waals surface area contributed by atoms with Crippen LogP contribution in [0, 0.1) is 0 Å². The van der Waals surface area contributed by atoms with Crippen molar-refractivity contribution in [3.8, 4) is 0 Å². The van der Waals surface area contributed by atoms with Crippen molar-refractivity contribution >= 4 is 33.3 Å². The van der Waals surface area contributed by atoms with E-state index < -0.39 is 10.8 Å². The fourth-order valence-corrected chi connectivity index (χ4v) is 4.72. The maximum absolute atomic E-state index is 12.3. The molecule has 4 rings (SSSR count). The summed E-state index contributed by atoms with van der Waals surface area (Å²) in [6.07, 6.45) is 6.47. The first-order valence-corrected chi connectivity index (χ1v) is 10.3. The first-order valence-electron chi connectivity index (χ1n) is 8.36. The number of para-hydroxylation sites is 1. The molecule has 0 N–H and O–H groups in total. The summed E-state index contributed by atoms with van der Waals surface area (Å²) < 4.78 is 14.7. The van der Waals surface area contributed by atoms with Gasteiger partial charge in [-0.2, -0.15) is 0 Å². The standard InChI is InChI=1S/C20H20ClNOS/c1-24(23)19-8-4-6-17-16-5-2-3-7-18(16)22(20(17)19)13-14-9-11-15(21)12-10-14/h4,6,8-12H,2-3,5,7,13H2,1H3. The van der Waals surface area contributed by atoms with E-state index in [1.165, 1.54) is 35.0 Å². The van der Waals surface area contributed by atoms with Crippen LogP contribution in [0.3, 0.4) is 0 Å². The van der Waals surface area contributed by atoms with Crippen LogP contribution in [-0.4, -0.2) is 15.0 Å². The molecule has 0 fully saturated rings. The SMILES string of the molecule is CS(=O)c1cccc2c3c(n(Cc4ccc(Cl)cc4)c12)CCCC3. The largest absolute Gasteiger partial charge is 0.339 e. The fraction of sp³-hybridized carbons (Fsp3) is 0.300. The quantitative estimate of drug-likeness (QED) is 0.649. The average molecular weight is 358 g/mol. The molecule has 124 valence electrons. The van der Waals surface area contributed by atoms with E-state index >= 15 is 0 Å². The van der Waals surface area contributed by atoms with Crippen LogP contribution in [-0.2, 0) is 30.2 Å². The first-order chi connectivity index (χ1) is 11.6. The molecule has 4 heteroatoms. The van der Waals surface area contributed by atoms with Crippen LogP contribution in [0.15, 0.2) is 47.4 Å². The van der Waals surface area contributed by atoms with Gasteiger partial charge in [0.25, 0.3) is 0 Å². The van der Waals surface area contributed by atoms with E-state index in [2.05, 4.69) is 22.8 Å². The summed E-state index contributed by atoms with van der Waals surface area (Å²) >= 11 is 6.02. The second-order valence-electron chi connectivity index (χ2n) is 6.45. The molecular weight excluding hydrogens is 338 g/mol. The Balaban J connectivity index is 1.95. The molecule has 0 bridgehead atoms. The lowest BCUT2D eigenvalue weighted by molar-refractivity contribution is 0.636. The molecule has 1 aliphatic rings. The van der Waals surface area contributed by atoms with Crippen LogP contribution in [0.5, 0.6) is 0 Å². The minimum absolute atomic E-state index is 0.758. The number of fused-ring (bicyclic) bond motifs is 3. The van der Waals surface area contributed by atoms with Crippen LogP contribution < -0.4 is 0 Å². The summed E-state index contributed by atoms with van der Waals surface area (Å²) in [5, 5.41) is 2.04. The van der Waals surface area contributed by atoms with Crippen molar-refractivity contribution in [3.63, 3.8) is 0 Å². The molecular formula is C20H20ClNOS. The highest BCUT2D eigenvalue weighted by molar-refractivity contribution is 7.84. The summed E-state index contributed by atoms with van der Waals surface area (Å²) in [4.78, 5) is 0.941. The molecule has 0 amide bonds. The minimum Gasteiger partial charge on any atom is -0.339 e. The van der Waals surface area contributed by atoms with Crippen LogP contribution in [0.25, 0.3) is 10.9 Å². The van der Waals surface area contributed by atoms with Gasteiger partial charge in [-0.15, -0.1) is 0 Å². The number of aromatic nitrogens is 1. The molecule has 2 nitrogen and oxygen atoms in total. The van der Waals surface area contributed by atoms with E-state index in [9.17, 15) is 4.21 Å². The molecule has 2 aromatic carbocycles. The van der Waals surface area contributed by atoms with Gasteiger partial charge in [-0.1, -0.05) is 35.9 Å². The van der Waals surface area contributed by atoms with Gasteiger partial charge in [0.05, 0.1) is 21.2 Å². The summed E-state index contributed by atoms with van der Waals surface area (Å²) in [6.45, 7) is 0.803. The summed E-state index contributed by atoms with van der Waals surface area (Å²) in [5.74, 6) is 0. The lowest BCUT2D eigenvalue weighted by Gasteiger charge is -2.16. The number of hydrogen-bond acceptors (Lipinski definition) is 1. The average Bonchev–Trinajstić information content (AvgIpc) is 2.91. The van der Waals surface area contributed by atoms with Crippen molar-refractivity contribution < 1.29 is 4.21 Å². The molecule has 1 heterocycles. The van der Waals surface area contributed by atoms with Crippen molar-refractivity contribution in [2.45, 2.75) is 37.1 Å². The fourth-order valence-electron chi connectivity index (χ4n) is 3.84. The third kappa shape index (κ3) is 2.70. The van der Waals surface area contributed by atoms with E-state index in [1.807, 2.05) is 24.3 Å². The van der Waals surface area contributed by atoms with E-state index in [0.29, 0.717) is 0 Å². The highest BCUT2D eigenvalue weighted by Crippen LogP contribution is 2.35.